The van der Waals surface area contributed by atoms with E-state index in [2.05, 4.69) is 9.68 Å². The Morgan fingerprint density at radius 2 is 1.96 bits per heavy atom. The van der Waals surface area contributed by atoms with E-state index in [4.69, 9.17) is 15.1 Å². The third-order valence-electron chi connectivity index (χ3n) is 3.13. The highest BCUT2D eigenvalue weighted by Crippen LogP contribution is 2.19. The van der Waals surface area contributed by atoms with Crippen LogP contribution in [0.25, 0.3) is 0 Å². The lowest BCUT2D eigenvalue weighted by Crippen LogP contribution is -3.03. The minimum atomic E-state index is -1.58. The maximum atomic E-state index is 11.8. The first kappa shape index (κ1) is 21.2. The summed E-state index contributed by atoms with van der Waals surface area (Å²) in [6, 6.07) is 5.67. The number of carboxylic acids is 1. The van der Waals surface area contributed by atoms with Crippen molar-refractivity contribution in [1.29, 1.82) is 0 Å². The number of esters is 1. The average Bonchev–Trinajstić information content (AvgIpc) is 2.56. The molecule has 3 N–H and O–H groups in total. The summed E-state index contributed by atoms with van der Waals surface area (Å²) in [5.74, 6) is -1.96. The topological polar surface area (TPSA) is 173 Å². The first-order valence-electron chi connectivity index (χ1n) is 7.49. The number of rotatable bonds is 12. The van der Waals surface area contributed by atoms with Crippen molar-refractivity contribution in [3.63, 3.8) is 0 Å². The van der Waals surface area contributed by atoms with E-state index in [0.29, 0.717) is 6.42 Å². The molecule has 0 aliphatic heterocycles. The van der Waals surface area contributed by atoms with Crippen LogP contribution in [0.3, 0.4) is 0 Å². The van der Waals surface area contributed by atoms with Crippen molar-refractivity contribution in [3.8, 4) is 5.75 Å². The van der Waals surface area contributed by atoms with Crippen molar-refractivity contribution in [3.05, 3.63) is 45.2 Å². The fraction of sp³-hybridized carbons (Fsp3) is 0.429. The highest BCUT2D eigenvalue weighted by Gasteiger charge is 2.17. The Hall–Kier alpha value is -2.80. The number of hydrogen-bond acceptors (Lipinski definition) is 9. The molecule has 2 unspecified atom stereocenters. The van der Waals surface area contributed by atoms with Crippen molar-refractivity contribution in [2.24, 2.45) is 0 Å². The molecule has 0 aliphatic rings. The van der Waals surface area contributed by atoms with Gasteiger partial charge < -0.3 is 19.9 Å². The van der Waals surface area contributed by atoms with E-state index in [1.165, 1.54) is 24.3 Å². The van der Waals surface area contributed by atoms with Crippen molar-refractivity contribution >= 4 is 11.9 Å². The van der Waals surface area contributed by atoms with E-state index >= 15 is 0 Å². The summed E-state index contributed by atoms with van der Waals surface area (Å²) in [7, 11) is 0. The number of unbranched alkanes of at least 4 members (excludes halogenated alkanes) is 1. The van der Waals surface area contributed by atoms with Crippen molar-refractivity contribution in [2.45, 2.75) is 31.8 Å². The predicted octanol–water partition coefficient (Wildman–Crippen LogP) is 0.131. The maximum absolute atomic E-state index is 11.8. The molecule has 0 bridgehead atoms. The second-order valence-electron chi connectivity index (χ2n) is 5.05. The van der Waals surface area contributed by atoms with Gasteiger partial charge in [-0.25, -0.2) is 4.79 Å². The van der Waals surface area contributed by atoms with Crippen molar-refractivity contribution in [2.75, 3.05) is 6.61 Å². The number of hydrogen-bond donors (Lipinski definition) is 3. The summed E-state index contributed by atoms with van der Waals surface area (Å²) in [5.41, 5.74) is -0.147. The molecule has 1 aromatic carbocycles. The minimum absolute atomic E-state index is 0.0566. The summed E-state index contributed by atoms with van der Waals surface area (Å²) in [5, 5.41) is 35.4. The van der Waals surface area contributed by atoms with Crippen LogP contribution in [0, 0.1) is 15.3 Å². The first-order valence-corrected chi connectivity index (χ1v) is 7.49. The van der Waals surface area contributed by atoms with E-state index < -0.39 is 35.1 Å². The van der Waals surface area contributed by atoms with Crippen molar-refractivity contribution < 1.29 is 44.8 Å². The highest BCUT2D eigenvalue weighted by atomic mass is 17.1. The Kier molecular flexibility index (Phi) is 8.94. The number of para-hydroxylation sites is 1. The van der Waals surface area contributed by atoms with Gasteiger partial charge in [-0.1, -0.05) is 23.9 Å². The van der Waals surface area contributed by atoms with Gasteiger partial charge in [-0.2, -0.15) is 10.0 Å². The van der Waals surface area contributed by atoms with Crippen molar-refractivity contribution in [1.82, 2.24) is 0 Å². The predicted molar refractivity (Wildman–Crippen MR) is 81.4 cm³/mol. The van der Waals surface area contributed by atoms with E-state index in [0.717, 1.165) is 0 Å². The quantitative estimate of drug-likeness (QED) is 0.150. The molecule has 144 valence electrons. The summed E-state index contributed by atoms with van der Waals surface area (Å²) in [4.78, 5) is 41.7. The van der Waals surface area contributed by atoms with Crippen LogP contribution in [0.4, 0.5) is 0 Å². The molecule has 26 heavy (non-hydrogen) atoms. The molecule has 12 heteroatoms. The van der Waals surface area contributed by atoms with Gasteiger partial charge in [0.1, 0.15) is 24.0 Å². The molecule has 12 nitrogen and oxygen atoms in total. The number of aromatic carboxylic acids is 1. The van der Waals surface area contributed by atoms with Crippen LogP contribution >= 0.6 is 0 Å². The van der Waals surface area contributed by atoms with Gasteiger partial charge >= 0.3 is 11.9 Å². The SMILES string of the molecule is O=C(CCCCC(CO[NH+]([O-])O)O[N+](=O)[O-])Oc1ccccc1C(=O)O. The van der Waals surface area contributed by atoms with Gasteiger partial charge in [-0.15, -0.1) is 10.1 Å². The molecule has 0 saturated carbocycles. The van der Waals surface area contributed by atoms with E-state index in [1.807, 2.05) is 0 Å². The van der Waals surface area contributed by atoms with Crippen LogP contribution in [-0.2, 0) is 14.5 Å². The Balaban J connectivity index is 2.40. The average molecular weight is 374 g/mol. The van der Waals surface area contributed by atoms with E-state index in [9.17, 15) is 24.9 Å². The van der Waals surface area contributed by atoms with Gasteiger partial charge in [0.2, 0.25) is 0 Å². The fourth-order valence-corrected chi connectivity index (χ4v) is 2.00. The number of benzene rings is 1. The smallest absolute Gasteiger partial charge is 0.339 e. The second kappa shape index (κ2) is 10.9. The lowest BCUT2D eigenvalue weighted by atomic mass is 10.1. The van der Waals surface area contributed by atoms with Crippen LogP contribution in [0.2, 0.25) is 0 Å². The Labute approximate surface area is 147 Å². The monoisotopic (exact) mass is 374 g/mol. The zero-order valence-electron chi connectivity index (χ0n) is 13.5. The number of ether oxygens (including phenoxy) is 1. The zero-order valence-corrected chi connectivity index (χ0v) is 13.5. The first-order chi connectivity index (χ1) is 12.3. The molecule has 0 radical (unpaired) electrons. The van der Waals surface area contributed by atoms with Gasteiger partial charge in [-0.3, -0.25) is 4.79 Å². The van der Waals surface area contributed by atoms with Crippen LogP contribution in [0.15, 0.2) is 24.3 Å². The molecular formula is C14H18N2O10. The second-order valence-corrected chi connectivity index (χ2v) is 5.05. The lowest BCUT2D eigenvalue weighted by molar-refractivity contribution is -1.21. The molecule has 1 aromatic rings. The summed E-state index contributed by atoms with van der Waals surface area (Å²) < 4.78 is 5.00. The molecule has 1 rings (SSSR count). The van der Waals surface area contributed by atoms with Gasteiger partial charge in [0.15, 0.2) is 0 Å². The number of carbonyl (C=O) groups excluding carboxylic acids is 1. The molecule has 0 heterocycles. The summed E-state index contributed by atoms with van der Waals surface area (Å²) in [6.07, 6.45) is -0.466. The number of nitrogens with one attached hydrogen (secondary N) is 1. The van der Waals surface area contributed by atoms with Crippen LogP contribution in [-0.4, -0.2) is 40.0 Å². The summed E-state index contributed by atoms with van der Waals surface area (Å²) >= 11 is 0. The number of carbonyl (C=O) groups is 2. The maximum Gasteiger partial charge on any atom is 0.339 e. The van der Waals surface area contributed by atoms with Gasteiger partial charge in [0.25, 0.3) is 5.09 Å². The fourth-order valence-electron chi connectivity index (χ4n) is 2.00. The van der Waals surface area contributed by atoms with E-state index in [1.54, 1.807) is 0 Å². The largest absolute Gasteiger partial charge is 0.566 e. The number of carboxylic acid groups (broad SMARTS) is 1. The minimum Gasteiger partial charge on any atom is -0.566 e. The molecule has 0 spiro atoms. The molecule has 0 aliphatic carbocycles. The van der Waals surface area contributed by atoms with Gasteiger partial charge in [0, 0.05) is 6.42 Å². The van der Waals surface area contributed by atoms with Gasteiger partial charge in [0.05, 0.1) is 0 Å². The van der Waals surface area contributed by atoms with Crippen LogP contribution in [0.5, 0.6) is 5.75 Å². The Bertz CT molecular complexity index is 621. The molecule has 0 saturated heterocycles. The Morgan fingerprint density at radius 3 is 2.58 bits per heavy atom. The Morgan fingerprint density at radius 1 is 1.27 bits per heavy atom. The molecular weight excluding hydrogens is 356 g/mol. The normalized spacial score (nSPS) is 12.8. The number of nitrogens with zero attached hydrogens (tertiary/aromatic N) is 1. The molecule has 2 atom stereocenters. The third-order valence-corrected chi connectivity index (χ3v) is 3.13. The molecule has 0 aromatic heterocycles. The zero-order chi connectivity index (χ0) is 19.5. The lowest BCUT2D eigenvalue weighted by Gasteiger charge is -2.16. The van der Waals surface area contributed by atoms with Crippen LogP contribution < -0.4 is 10.1 Å². The van der Waals surface area contributed by atoms with Gasteiger partial charge in [-0.05, 0) is 25.0 Å². The van der Waals surface area contributed by atoms with E-state index in [-0.39, 0.29) is 30.6 Å². The standard InChI is InChI=1S/C14H18N2O10/c17-13(25-12-7-3-2-6-11(12)14(18)19)8-4-1-5-10(26-16(22)23)9-24-15(20)21/h2-3,6-7,10,15,20H,1,4-5,8-9H2,(H,18,19). The highest BCUT2D eigenvalue weighted by molar-refractivity contribution is 5.91. The number of quaternary nitrogens is 1. The third kappa shape index (κ3) is 8.34. The molecule has 0 amide bonds. The van der Waals surface area contributed by atoms with Crippen LogP contribution in [0.1, 0.15) is 36.0 Å². The molecule has 0 fully saturated rings. The summed E-state index contributed by atoms with van der Waals surface area (Å²) in [6.45, 7) is -0.507.